The zero-order valence-corrected chi connectivity index (χ0v) is 4.31. The first-order valence-corrected chi connectivity index (χ1v) is 2.15. The minimum absolute atomic E-state index is 0. The molecule has 0 aliphatic carbocycles. The summed E-state index contributed by atoms with van der Waals surface area (Å²) >= 11 is 2.66. The molecule has 0 N–H and O–H groups in total. The molecule has 0 amide bonds. The summed E-state index contributed by atoms with van der Waals surface area (Å²) in [6, 6.07) is 0. The third-order valence-electron chi connectivity index (χ3n) is 0. The van der Waals surface area contributed by atoms with Crippen molar-refractivity contribution < 1.29 is 2.85 Å². The first-order chi connectivity index (χ1) is 1.73. The van der Waals surface area contributed by atoms with Crippen LogP contribution in [0.5, 0.6) is 0 Å². The standard InChI is InChI=1S/C3H7.Al.2H/c1-3-2;;;/h3H,1-2H3;;;/q;+2;2*-1. The molecule has 0 aromatic heterocycles. The third-order valence-corrected chi connectivity index (χ3v) is 0. The van der Waals surface area contributed by atoms with Crippen molar-refractivity contribution in [3.8, 4) is 0 Å². The Morgan fingerprint density at radius 3 is 1.75 bits per heavy atom. The van der Waals surface area contributed by atoms with E-state index in [4.69, 9.17) is 0 Å². The maximum Gasteiger partial charge on any atom is -1.00 e. The summed E-state index contributed by atoms with van der Waals surface area (Å²) in [6.07, 6.45) is 0. The number of hydrogen-bond donors (Lipinski definition) is 0. The Bertz CT molecular complexity index is 13.5. The van der Waals surface area contributed by atoms with Crippen molar-refractivity contribution >= 4 is 16.3 Å². The van der Waals surface area contributed by atoms with Gasteiger partial charge in [-0.05, 0) is 0 Å². The van der Waals surface area contributed by atoms with Crippen molar-refractivity contribution in [3.63, 3.8) is 0 Å². The van der Waals surface area contributed by atoms with Crippen LogP contribution in [0.4, 0.5) is 0 Å². The molecule has 0 aliphatic rings. The summed E-state index contributed by atoms with van der Waals surface area (Å²) in [7, 11) is 0. The molecule has 0 unspecified atom stereocenters. The van der Waals surface area contributed by atoms with E-state index in [-0.39, 0.29) is 2.85 Å². The molecule has 0 nitrogen and oxygen atoms in total. The van der Waals surface area contributed by atoms with Gasteiger partial charge in [0.25, 0.3) is 0 Å². The monoisotopic (exact) mass is 72.1 g/mol. The Labute approximate surface area is 38.6 Å². The van der Waals surface area contributed by atoms with Crippen molar-refractivity contribution in [2.75, 3.05) is 0 Å². The van der Waals surface area contributed by atoms with Crippen molar-refractivity contribution in [1.29, 1.82) is 0 Å². The van der Waals surface area contributed by atoms with Gasteiger partial charge in [0.15, 0.2) is 0 Å². The second-order valence-electron chi connectivity index (χ2n) is 1.24. The molecule has 0 aromatic rings. The Morgan fingerprint density at radius 2 is 1.75 bits per heavy atom. The van der Waals surface area contributed by atoms with Gasteiger partial charge in [0, 0.05) is 0 Å². The van der Waals surface area contributed by atoms with Crippen LogP contribution in [0.15, 0.2) is 0 Å². The zero-order valence-electron chi connectivity index (χ0n) is 5.15. The molecule has 0 saturated heterocycles. The van der Waals surface area contributed by atoms with Gasteiger partial charge >= 0.3 is 34.9 Å². The van der Waals surface area contributed by atoms with Crippen LogP contribution < -0.4 is 0 Å². The maximum atomic E-state index is 2.66. The minimum Gasteiger partial charge on any atom is -1.00 e. The van der Waals surface area contributed by atoms with Gasteiger partial charge in [-0.15, -0.1) is 0 Å². The Hall–Kier alpha value is 0.532. The van der Waals surface area contributed by atoms with Crippen LogP contribution in [0.25, 0.3) is 0 Å². The van der Waals surface area contributed by atoms with E-state index in [1.807, 2.05) is 0 Å². The van der Waals surface area contributed by atoms with Gasteiger partial charge in [-0.1, -0.05) is 0 Å². The summed E-state index contributed by atoms with van der Waals surface area (Å²) in [5.74, 6) is 0. The number of rotatable bonds is 0. The smallest absolute Gasteiger partial charge is 1.00 e. The number of hydrogen-bond acceptors (Lipinski definition) is 0. The SMILES string of the molecule is C[CH](C)[Al+2].[H-].[H-]. The van der Waals surface area contributed by atoms with Crippen LogP contribution in [0.1, 0.15) is 16.7 Å². The van der Waals surface area contributed by atoms with E-state index in [1.54, 1.807) is 0 Å². The van der Waals surface area contributed by atoms with Gasteiger partial charge in [-0.3, -0.25) is 0 Å². The molecular weight excluding hydrogens is 63.0 g/mol. The van der Waals surface area contributed by atoms with E-state index < -0.39 is 0 Å². The molecule has 0 radical (unpaired) electrons. The molecule has 0 rings (SSSR count). The molecule has 24 valence electrons. The molecule has 1 heteroatoms. The van der Waals surface area contributed by atoms with Crippen LogP contribution in [-0.2, 0) is 0 Å². The molecular formula is C3H9Al. The predicted molar refractivity (Wildman–Crippen MR) is 23.1 cm³/mol. The predicted octanol–water partition coefficient (Wildman–Crippen LogP) is 1.21. The second kappa shape index (κ2) is 1.82. The van der Waals surface area contributed by atoms with Gasteiger partial charge in [-0.25, -0.2) is 0 Å². The van der Waals surface area contributed by atoms with Crippen LogP contribution >= 0.6 is 0 Å². The summed E-state index contributed by atoms with van der Waals surface area (Å²) < 4.78 is 0.750. The fourth-order valence-electron chi connectivity index (χ4n) is 0. The Kier molecular flexibility index (Phi) is 2.06. The molecule has 4 heavy (non-hydrogen) atoms. The van der Waals surface area contributed by atoms with Crippen LogP contribution in [-0.4, -0.2) is 16.3 Å². The Morgan fingerprint density at radius 1 is 1.75 bits per heavy atom. The quantitative estimate of drug-likeness (QED) is 0.377. The van der Waals surface area contributed by atoms with Gasteiger partial charge in [0.1, 0.15) is 0 Å². The first kappa shape index (κ1) is 4.53. The summed E-state index contributed by atoms with van der Waals surface area (Å²) in [4.78, 5) is 0. The summed E-state index contributed by atoms with van der Waals surface area (Å²) in [5, 5.41) is 0. The van der Waals surface area contributed by atoms with E-state index in [2.05, 4.69) is 30.1 Å². The first-order valence-electron chi connectivity index (χ1n) is 1.49. The normalized spacial score (nSPS) is 9.25. The topological polar surface area (TPSA) is 0 Å². The minimum atomic E-state index is 0. The fourth-order valence-corrected chi connectivity index (χ4v) is 0. The van der Waals surface area contributed by atoms with E-state index in [1.165, 1.54) is 0 Å². The van der Waals surface area contributed by atoms with Crippen molar-refractivity contribution in [3.05, 3.63) is 0 Å². The third kappa shape index (κ3) is 21.0. The van der Waals surface area contributed by atoms with Crippen LogP contribution in [0, 0.1) is 0 Å². The van der Waals surface area contributed by atoms with Crippen molar-refractivity contribution in [2.45, 2.75) is 18.6 Å². The van der Waals surface area contributed by atoms with Gasteiger partial charge < -0.3 is 2.85 Å². The second-order valence-corrected chi connectivity index (χ2v) is 2.58. The van der Waals surface area contributed by atoms with E-state index >= 15 is 0 Å². The fraction of sp³-hybridized carbons (Fsp3) is 1.00. The maximum absolute atomic E-state index is 2.66. The molecule has 0 aliphatic heterocycles. The largest absolute Gasteiger partial charge is 1.00 e. The van der Waals surface area contributed by atoms with Gasteiger partial charge in [-0.2, -0.15) is 0 Å². The Balaban J connectivity index is -0.0000000450. The van der Waals surface area contributed by atoms with Crippen molar-refractivity contribution in [1.82, 2.24) is 0 Å². The average molecular weight is 72.1 g/mol. The van der Waals surface area contributed by atoms with Gasteiger partial charge in [0.05, 0.1) is 0 Å². The van der Waals surface area contributed by atoms with Crippen LogP contribution in [0.3, 0.4) is 0 Å². The van der Waals surface area contributed by atoms with E-state index in [9.17, 15) is 0 Å². The van der Waals surface area contributed by atoms with Crippen molar-refractivity contribution in [2.24, 2.45) is 0 Å². The van der Waals surface area contributed by atoms with E-state index in [0.717, 1.165) is 4.78 Å². The zero-order chi connectivity index (χ0) is 3.58. The molecule has 0 saturated carbocycles. The molecule has 0 bridgehead atoms. The average Bonchev–Trinajstić information content (AvgIpc) is 0.811. The summed E-state index contributed by atoms with van der Waals surface area (Å²) in [5.41, 5.74) is 0. The molecule has 0 atom stereocenters. The molecule has 0 fully saturated rings. The van der Waals surface area contributed by atoms with E-state index in [0.29, 0.717) is 0 Å². The molecule has 0 heterocycles. The summed E-state index contributed by atoms with van der Waals surface area (Å²) in [6.45, 7) is 4.26. The van der Waals surface area contributed by atoms with Gasteiger partial charge in [0.2, 0.25) is 0 Å². The molecule has 0 aromatic carbocycles. The van der Waals surface area contributed by atoms with Crippen LogP contribution in [0.2, 0.25) is 4.78 Å². The molecule has 0 spiro atoms.